The van der Waals surface area contributed by atoms with Crippen molar-refractivity contribution in [3.05, 3.63) is 66.4 Å². The topological polar surface area (TPSA) is 62.0 Å². The van der Waals surface area contributed by atoms with Gasteiger partial charge < -0.3 is 10.3 Å². The molecule has 0 aliphatic heterocycles. The smallest absolute Gasteiger partial charge is 0.296 e. The van der Waals surface area contributed by atoms with E-state index in [2.05, 4.69) is 24.1 Å². The molecule has 3 aromatic rings. The van der Waals surface area contributed by atoms with E-state index in [-0.39, 0.29) is 0 Å². The van der Waals surface area contributed by atoms with E-state index in [0.29, 0.717) is 11.3 Å². The summed E-state index contributed by atoms with van der Waals surface area (Å²) in [5.74, 6) is -1.19. The minimum atomic E-state index is -0.638. The Kier molecular flexibility index (Phi) is 8.72. The number of ketones is 1. The minimum Gasteiger partial charge on any atom is -0.360 e. The predicted molar refractivity (Wildman–Crippen MR) is 105 cm³/mol. The first-order valence-corrected chi connectivity index (χ1v) is 8.64. The zero-order valence-corrected chi connectivity index (χ0v) is 15.3. The van der Waals surface area contributed by atoms with Crippen LogP contribution >= 0.6 is 0 Å². The van der Waals surface area contributed by atoms with Crippen LogP contribution in [0.15, 0.2) is 60.8 Å². The van der Waals surface area contributed by atoms with E-state index in [1.807, 2.05) is 44.2 Å². The SMILES string of the molecule is CC.CCC.O=C(Nc1ccccc1)C(=O)c1c[nH]c2ccccc12. The third-order valence-electron chi connectivity index (χ3n) is 3.07. The summed E-state index contributed by atoms with van der Waals surface area (Å²) in [5, 5.41) is 3.34. The number of aromatic nitrogens is 1. The van der Waals surface area contributed by atoms with Crippen molar-refractivity contribution in [2.24, 2.45) is 0 Å². The van der Waals surface area contributed by atoms with Crippen LogP contribution in [0.25, 0.3) is 10.9 Å². The number of carbonyl (C=O) groups excluding carboxylic acids is 2. The van der Waals surface area contributed by atoms with Crippen LogP contribution in [0, 0.1) is 0 Å². The minimum absolute atomic E-state index is 0.383. The Morgan fingerprint density at radius 2 is 1.48 bits per heavy atom. The molecule has 3 rings (SSSR count). The van der Waals surface area contributed by atoms with E-state index in [4.69, 9.17) is 0 Å². The van der Waals surface area contributed by atoms with Crippen LogP contribution in [0.4, 0.5) is 5.69 Å². The fraction of sp³-hybridized carbons (Fsp3) is 0.238. The number of hydrogen-bond donors (Lipinski definition) is 2. The Morgan fingerprint density at radius 1 is 0.920 bits per heavy atom. The molecule has 1 aromatic heterocycles. The van der Waals surface area contributed by atoms with E-state index >= 15 is 0 Å². The first-order chi connectivity index (χ1) is 12.2. The van der Waals surface area contributed by atoms with Gasteiger partial charge in [-0.1, -0.05) is 70.5 Å². The lowest BCUT2D eigenvalue weighted by molar-refractivity contribution is -0.112. The van der Waals surface area contributed by atoms with Crippen LogP contribution in [0.5, 0.6) is 0 Å². The van der Waals surface area contributed by atoms with Gasteiger partial charge in [0.1, 0.15) is 0 Å². The third-order valence-corrected chi connectivity index (χ3v) is 3.07. The van der Waals surface area contributed by atoms with Crippen molar-refractivity contribution in [2.45, 2.75) is 34.1 Å². The monoisotopic (exact) mass is 338 g/mol. The summed E-state index contributed by atoms with van der Waals surface area (Å²) < 4.78 is 0. The molecule has 0 saturated heterocycles. The van der Waals surface area contributed by atoms with Crippen LogP contribution < -0.4 is 5.32 Å². The number of amides is 1. The summed E-state index contributed by atoms with van der Waals surface area (Å²) in [7, 11) is 0. The number of fused-ring (bicyclic) bond motifs is 1. The van der Waals surface area contributed by atoms with Gasteiger partial charge >= 0.3 is 0 Å². The van der Waals surface area contributed by atoms with Crippen LogP contribution in [0.3, 0.4) is 0 Å². The lowest BCUT2D eigenvalue weighted by Gasteiger charge is -2.03. The largest absolute Gasteiger partial charge is 0.360 e. The number of benzene rings is 2. The molecule has 4 heteroatoms. The normalized spacial score (nSPS) is 9.28. The molecule has 0 saturated carbocycles. The zero-order chi connectivity index (χ0) is 18.7. The molecule has 25 heavy (non-hydrogen) atoms. The number of hydrogen-bond acceptors (Lipinski definition) is 2. The molecule has 0 spiro atoms. The molecule has 2 N–H and O–H groups in total. The highest BCUT2D eigenvalue weighted by Crippen LogP contribution is 2.18. The average Bonchev–Trinajstić information content (AvgIpc) is 3.08. The van der Waals surface area contributed by atoms with Gasteiger partial charge in [-0.2, -0.15) is 0 Å². The highest BCUT2D eigenvalue weighted by molar-refractivity contribution is 6.48. The predicted octanol–water partition coefficient (Wildman–Crippen LogP) is 5.43. The molecule has 0 unspecified atom stereocenters. The fourth-order valence-electron chi connectivity index (χ4n) is 2.09. The van der Waals surface area contributed by atoms with Crippen molar-refractivity contribution in [3.63, 3.8) is 0 Å². The van der Waals surface area contributed by atoms with E-state index in [0.717, 1.165) is 10.9 Å². The van der Waals surface area contributed by atoms with Gasteiger partial charge in [-0.3, -0.25) is 9.59 Å². The number of Topliss-reactive ketones (excluding diaryl/α,β-unsaturated/α-hetero) is 1. The Balaban J connectivity index is 0.000000567. The Labute approximate surface area is 149 Å². The van der Waals surface area contributed by atoms with Crippen LogP contribution in [-0.2, 0) is 4.79 Å². The average molecular weight is 338 g/mol. The molecule has 0 aliphatic carbocycles. The van der Waals surface area contributed by atoms with Gasteiger partial charge in [0.2, 0.25) is 0 Å². The maximum Gasteiger partial charge on any atom is 0.296 e. The first kappa shape index (κ1) is 20.2. The zero-order valence-electron chi connectivity index (χ0n) is 15.3. The van der Waals surface area contributed by atoms with Gasteiger partial charge in [-0.25, -0.2) is 0 Å². The van der Waals surface area contributed by atoms with Gasteiger partial charge in [-0.15, -0.1) is 0 Å². The summed E-state index contributed by atoms with van der Waals surface area (Å²) in [6, 6.07) is 16.3. The molecule has 1 amide bonds. The van der Waals surface area contributed by atoms with E-state index < -0.39 is 11.7 Å². The van der Waals surface area contributed by atoms with Gasteiger partial charge in [0.15, 0.2) is 0 Å². The highest BCUT2D eigenvalue weighted by atomic mass is 16.2. The van der Waals surface area contributed by atoms with Crippen molar-refractivity contribution < 1.29 is 9.59 Å². The molecule has 0 bridgehead atoms. The number of aromatic amines is 1. The van der Waals surface area contributed by atoms with Crippen LogP contribution in [-0.4, -0.2) is 16.7 Å². The summed E-state index contributed by atoms with van der Waals surface area (Å²) in [6.45, 7) is 8.25. The summed E-state index contributed by atoms with van der Waals surface area (Å²) >= 11 is 0. The van der Waals surface area contributed by atoms with E-state index in [9.17, 15) is 9.59 Å². The molecule has 2 aromatic carbocycles. The van der Waals surface area contributed by atoms with Crippen molar-refractivity contribution in [2.75, 3.05) is 5.32 Å². The Hall–Kier alpha value is -2.88. The van der Waals surface area contributed by atoms with Crippen LogP contribution in [0.2, 0.25) is 0 Å². The number of rotatable bonds is 3. The molecule has 0 radical (unpaired) electrons. The summed E-state index contributed by atoms with van der Waals surface area (Å²) in [5.41, 5.74) is 1.82. The maximum absolute atomic E-state index is 12.2. The van der Waals surface area contributed by atoms with E-state index in [1.165, 1.54) is 6.42 Å². The number of carbonyl (C=O) groups is 2. The molecular weight excluding hydrogens is 312 g/mol. The number of para-hydroxylation sites is 2. The highest BCUT2D eigenvalue weighted by Gasteiger charge is 2.19. The van der Waals surface area contributed by atoms with Gasteiger partial charge in [-0.05, 0) is 18.2 Å². The molecule has 0 atom stereocenters. The number of nitrogens with one attached hydrogen (secondary N) is 2. The number of anilines is 1. The summed E-state index contributed by atoms with van der Waals surface area (Å²) in [6.07, 6.45) is 2.82. The lowest BCUT2D eigenvalue weighted by atomic mass is 10.1. The third kappa shape index (κ3) is 5.60. The molecule has 0 fully saturated rings. The van der Waals surface area contributed by atoms with Crippen molar-refractivity contribution in [1.29, 1.82) is 0 Å². The molecule has 0 aliphatic rings. The lowest BCUT2D eigenvalue weighted by Crippen LogP contribution is -2.22. The second kappa shape index (κ2) is 10.8. The van der Waals surface area contributed by atoms with Gasteiger partial charge in [0, 0.05) is 22.8 Å². The van der Waals surface area contributed by atoms with E-state index in [1.54, 1.807) is 30.5 Å². The Morgan fingerprint density at radius 3 is 2.12 bits per heavy atom. The quantitative estimate of drug-likeness (QED) is 0.494. The second-order valence-electron chi connectivity index (χ2n) is 5.10. The van der Waals surface area contributed by atoms with Gasteiger partial charge in [0.25, 0.3) is 11.7 Å². The van der Waals surface area contributed by atoms with Crippen molar-refractivity contribution >= 4 is 28.3 Å². The summed E-state index contributed by atoms with van der Waals surface area (Å²) in [4.78, 5) is 27.2. The standard InChI is InChI=1S/C16H12N2O2.C3H8.C2H6/c19-15(16(20)18-11-6-2-1-3-7-11)13-10-17-14-9-5-4-8-12(13)14;1-3-2;1-2/h1-10,17H,(H,18,20);3H2,1-2H3;1-2H3. The molecule has 1 heterocycles. The van der Waals surface area contributed by atoms with Gasteiger partial charge in [0.05, 0.1) is 5.56 Å². The van der Waals surface area contributed by atoms with Crippen molar-refractivity contribution in [1.82, 2.24) is 4.98 Å². The van der Waals surface area contributed by atoms with Crippen molar-refractivity contribution in [3.8, 4) is 0 Å². The number of H-pyrrole nitrogens is 1. The molecule has 132 valence electrons. The maximum atomic E-state index is 12.2. The van der Waals surface area contributed by atoms with Crippen LogP contribution in [0.1, 0.15) is 44.5 Å². The molecule has 4 nitrogen and oxygen atoms in total. The second-order valence-corrected chi connectivity index (χ2v) is 5.10. The first-order valence-electron chi connectivity index (χ1n) is 8.64. The Bertz CT molecular complexity index is 792. The molecular formula is C21H26N2O2. The fourth-order valence-corrected chi connectivity index (χ4v) is 2.09.